The lowest BCUT2D eigenvalue weighted by molar-refractivity contribution is 0.0523. The Morgan fingerprint density at radius 2 is 2.32 bits per heavy atom. The summed E-state index contributed by atoms with van der Waals surface area (Å²) in [6, 6.07) is 0. The molecule has 2 aliphatic rings. The molecular formula is C14H18N2O2S. The first-order chi connectivity index (χ1) is 9.29. The molecule has 2 fully saturated rings. The predicted octanol–water partition coefficient (Wildman–Crippen LogP) is 3.10. The minimum Gasteiger partial charge on any atom is -0.462 e. The van der Waals surface area contributed by atoms with Crippen molar-refractivity contribution in [1.29, 1.82) is 0 Å². The number of hydrogen-bond donors (Lipinski definition) is 0. The van der Waals surface area contributed by atoms with Gasteiger partial charge < -0.3 is 4.74 Å². The maximum absolute atomic E-state index is 11.9. The van der Waals surface area contributed by atoms with E-state index in [1.54, 1.807) is 6.20 Å². The van der Waals surface area contributed by atoms with E-state index in [0.717, 1.165) is 30.8 Å². The van der Waals surface area contributed by atoms with Crippen LogP contribution >= 0.6 is 11.8 Å². The van der Waals surface area contributed by atoms with Gasteiger partial charge in [-0.3, -0.25) is 0 Å². The summed E-state index contributed by atoms with van der Waals surface area (Å²) in [6.07, 6.45) is 6.30. The summed E-state index contributed by atoms with van der Waals surface area (Å²) in [5.74, 6) is 2.24. The summed E-state index contributed by atoms with van der Waals surface area (Å²) in [5.41, 5.74) is 1.48. The Labute approximate surface area is 117 Å². The summed E-state index contributed by atoms with van der Waals surface area (Å²) in [7, 11) is 0. The quantitative estimate of drug-likeness (QED) is 0.792. The second kappa shape index (κ2) is 5.49. The number of ether oxygens (including phenoxy) is 1. The van der Waals surface area contributed by atoms with Crippen molar-refractivity contribution in [2.24, 2.45) is 0 Å². The van der Waals surface area contributed by atoms with E-state index >= 15 is 0 Å². The lowest BCUT2D eigenvalue weighted by atomic mass is 10.1. The van der Waals surface area contributed by atoms with Crippen LogP contribution < -0.4 is 0 Å². The molecule has 1 aromatic heterocycles. The Bertz CT molecular complexity index is 482. The Balaban J connectivity index is 1.90. The number of thioether (sulfide) groups is 1. The van der Waals surface area contributed by atoms with Gasteiger partial charge >= 0.3 is 5.97 Å². The maximum atomic E-state index is 11.9. The zero-order chi connectivity index (χ0) is 13.2. The van der Waals surface area contributed by atoms with Crippen LogP contribution in [0.3, 0.4) is 0 Å². The molecule has 1 aliphatic carbocycles. The van der Waals surface area contributed by atoms with Gasteiger partial charge in [-0.05, 0) is 38.4 Å². The summed E-state index contributed by atoms with van der Waals surface area (Å²) in [6.45, 7) is 2.21. The van der Waals surface area contributed by atoms with Crippen molar-refractivity contribution >= 4 is 17.7 Å². The molecule has 2 heterocycles. The third kappa shape index (κ3) is 2.76. The first-order valence-electron chi connectivity index (χ1n) is 6.95. The van der Waals surface area contributed by atoms with E-state index in [9.17, 15) is 4.79 Å². The highest BCUT2D eigenvalue weighted by Gasteiger charge is 2.32. The van der Waals surface area contributed by atoms with Crippen LogP contribution in [0.4, 0.5) is 0 Å². The molecule has 1 saturated carbocycles. The van der Waals surface area contributed by atoms with Gasteiger partial charge in [0.1, 0.15) is 5.82 Å². The third-order valence-electron chi connectivity index (χ3n) is 3.51. The summed E-state index contributed by atoms with van der Waals surface area (Å²) in [5, 5.41) is 0.411. The van der Waals surface area contributed by atoms with Crippen LogP contribution in [-0.2, 0) is 4.74 Å². The largest absolute Gasteiger partial charge is 0.462 e. The van der Waals surface area contributed by atoms with E-state index in [-0.39, 0.29) is 5.97 Å². The Hall–Kier alpha value is -1.10. The Morgan fingerprint density at radius 1 is 1.47 bits per heavy atom. The Kier molecular flexibility index (Phi) is 3.73. The van der Waals surface area contributed by atoms with Crippen molar-refractivity contribution in [3.8, 4) is 0 Å². The van der Waals surface area contributed by atoms with Crippen LogP contribution in [0.5, 0.6) is 0 Å². The molecule has 0 N–H and O–H groups in total. The molecule has 0 amide bonds. The predicted molar refractivity (Wildman–Crippen MR) is 74.4 cm³/mol. The summed E-state index contributed by atoms with van der Waals surface area (Å²) < 4.78 is 5.09. The topological polar surface area (TPSA) is 52.1 Å². The van der Waals surface area contributed by atoms with Crippen LogP contribution in [0.15, 0.2) is 6.20 Å². The highest BCUT2D eigenvalue weighted by molar-refractivity contribution is 7.99. The van der Waals surface area contributed by atoms with Crippen LogP contribution in [-0.4, -0.2) is 28.3 Å². The zero-order valence-corrected chi connectivity index (χ0v) is 11.9. The van der Waals surface area contributed by atoms with Crippen molar-refractivity contribution in [2.45, 2.75) is 43.8 Å². The van der Waals surface area contributed by atoms with Crippen LogP contribution in [0.2, 0.25) is 0 Å². The first kappa shape index (κ1) is 12.9. The number of rotatable bonds is 4. The fourth-order valence-corrected chi connectivity index (χ4v) is 3.59. The highest BCUT2D eigenvalue weighted by atomic mass is 32.2. The van der Waals surface area contributed by atoms with Gasteiger partial charge in [-0.2, -0.15) is 11.8 Å². The molecular weight excluding hydrogens is 260 g/mol. The van der Waals surface area contributed by atoms with Crippen molar-refractivity contribution in [1.82, 2.24) is 9.97 Å². The van der Waals surface area contributed by atoms with Crippen LogP contribution in [0, 0.1) is 0 Å². The van der Waals surface area contributed by atoms with E-state index in [2.05, 4.69) is 9.97 Å². The van der Waals surface area contributed by atoms with E-state index in [4.69, 9.17) is 4.74 Å². The monoisotopic (exact) mass is 278 g/mol. The van der Waals surface area contributed by atoms with Gasteiger partial charge in [-0.15, -0.1) is 0 Å². The molecule has 0 bridgehead atoms. The van der Waals surface area contributed by atoms with Crippen LogP contribution in [0.25, 0.3) is 0 Å². The minimum absolute atomic E-state index is 0.282. The molecule has 0 aromatic carbocycles. The smallest absolute Gasteiger partial charge is 0.341 e. The number of aromatic nitrogens is 2. The normalized spacial score (nSPS) is 22.5. The molecule has 1 saturated heterocycles. The second-order valence-corrected chi connectivity index (χ2v) is 6.33. The van der Waals surface area contributed by atoms with Crippen molar-refractivity contribution in [3.63, 3.8) is 0 Å². The summed E-state index contributed by atoms with van der Waals surface area (Å²) in [4.78, 5) is 21.0. The molecule has 1 aliphatic heterocycles. The molecule has 3 rings (SSSR count). The Morgan fingerprint density at radius 3 is 2.95 bits per heavy atom. The minimum atomic E-state index is -0.282. The van der Waals surface area contributed by atoms with E-state index < -0.39 is 0 Å². The van der Waals surface area contributed by atoms with E-state index in [0.29, 0.717) is 23.3 Å². The SMILES string of the molecule is CCOC(=O)c1cnc(C2CCCS2)nc1C1CC1. The van der Waals surface area contributed by atoms with Crippen molar-refractivity contribution in [2.75, 3.05) is 12.4 Å². The second-order valence-electron chi connectivity index (χ2n) is 5.02. The van der Waals surface area contributed by atoms with Gasteiger partial charge in [0.05, 0.1) is 23.1 Å². The lowest BCUT2D eigenvalue weighted by Crippen LogP contribution is -2.12. The maximum Gasteiger partial charge on any atom is 0.341 e. The molecule has 4 nitrogen and oxygen atoms in total. The van der Waals surface area contributed by atoms with Crippen molar-refractivity contribution < 1.29 is 9.53 Å². The van der Waals surface area contributed by atoms with E-state index in [1.807, 2.05) is 18.7 Å². The number of carbonyl (C=O) groups excluding carboxylic acids is 1. The molecule has 1 atom stereocenters. The lowest BCUT2D eigenvalue weighted by Gasteiger charge is -2.11. The standard InChI is InChI=1S/C14H18N2O2S/c1-2-18-14(17)10-8-15-13(11-4-3-7-19-11)16-12(10)9-5-6-9/h8-9,11H,2-7H2,1H3. The zero-order valence-electron chi connectivity index (χ0n) is 11.1. The average molecular weight is 278 g/mol. The van der Waals surface area contributed by atoms with Gasteiger partial charge in [0.25, 0.3) is 0 Å². The molecule has 1 unspecified atom stereocenters. The van der Waals surface area contributed by atoms with Gasteiger partial charge in [-0.1, -0.05) is 0 Å². The highest BCUT2D eigenvalue weighted by Crippen LogP contribution is 2.43. The number of nitrogens with zero attached hydrogens (tertiary/aromatic N) is 2. The third-order valence-corrected chi connectivity index (χ3v) is 4.89. The van der Waals surface area contributed by atoms with E-state index in [1.165, 1.54) is 12.2 Å². The van der Waals surface area contributed by atoms with Gasteiger partial charge in [0.15, 0.2) is 0 Å². The number of carbonyl (C=O) groups is 1. The molecule has 5 heteroatoms. The molecule has 1 aromatic rings. The summed E-state index contributed by atoms with van der Waals surface area (Å²) >= 11 is 1.92. The average Bonchev–Trinajstić information content (AvgIpc) is 3.13. The van der Waals surface area contributed by atoms with Crippen LogP contribution in [0.1, 0.15) is 65.7 Å². The van der Waals surface area contributed by atoms with Gasteiger partial charge in [0.2, 0.25) is 0 Å². The number of esters is 1. The van der Waals surface area contributed by atoms with Gasteiger partial charge in [-0.25, -0.2) is 14.8 Å². The number of hydrogen-bond acceptors (Lipinski definition) is 5. The first-order valence-corrected chi connectivity index (χ1v) is 8.00. The molecule has 0 radical (unpaired) electrons. The molecule has 0 spiro atoms. The fourth-order valence-electron chi connectivity index (χ4n) is 2.38. The molecule has 19 heavy (non-hydrogen) atoms. The fraction of sp³-hybridized carbons (Fsp3) is 0.643. The molecule has 102 valence electrons. The van der Waals surface area contributed by atoms with Crippen molar-refractivity contribution in [3.05, 3.63) is 23.3 Å². The van der Waals surface area contributed by atoms with Gasteiger partial charge in [0, 0.05) is 12.1 Å².